The molecule has 8 heteroatoms. The Labute approximate surface area is 155 Å². The molecule has 0 saturated carbocycles. The van der Waals surface area contributed by atoms with Gasteiger partial charge in [0.2, 0.25) is 0 Å². The first-order valence-corrected chi connectivity index (χ1v) is 8.01. The van der Waals surface area contributed by atoms with Crippen molar-refractivity contribution in [3.63, 3.8) is 0 Å². The Balaban J connectivity index is 2.65. The second-order valence-corrected chi connectivity index (χ2v) is 6.92. The number of benzene rings is 2. The van der Waals surface area contributed by atoms with Crippen molar-refractivity contribution in [2.75, 3.05) is 5.32 Å². The van der Waals surface area contributed by atoms with Gasteiger partial charge in [0.1, 0.15) is 16.9 Å². The molecule has 6 nitrogen and oxygen atoms in total. The van der Waals surface area contributed by atoms with Crippen molar-refractivity contribution in [3.8, 4) is 5.75 Å². The first kappa shape index (κ1) is 19.0. The lowest BCUT2D eigenvalue weighted by atomic mass is 9.83. The molecule has 0 radical (unpaired) electrons. The summed E-state index contributed by atoms with van der Waals surface area (Å²) in [6.07, 6.45) is 0. The van der Waals surface area contributed by atoms with Gasteiger partial charge in [-0.3, -0.25) is 14.9 Å². The van der Waals surface area contributed by atoms with E-state index in [9.17, 15) is 14.9 Å². The normalized spacial score (nSPS) is 11.1. The summed E-state index contributed by atoms with van der Waals surface area (Å²) in [5.74, 6) is -0.622. The molecular formula is C17H16Cl2N2O4. The summed E-state index contributed by atoms with van der Waals surface area (Å²) < 4.78 is 4.86. The number of amides is 1. The molecule has 0 aliphatic carbocycles. The topological polar surface area (TPSA) is 81.5 Å². The number of nitro groups is 1. The standard InChI is InChI=1S/C17H16Cl2N2O4/c1-17(2,3)13-14(21(23)24)12(18)9-11(15(13)25-19)16(22)20-10-7-5-4-6-8-10/h4-9H,1-3H3,(H,20,22). The molecule has 0 aromatic heterocycles. The number of carbonyl (C=O) groups is 1. The molecule has 0 spiro atoms. The number of para-hydroxylation sites is 1. The lowest BCUT2D eigenvalue weighted by Gasteiger charge is -2.23. The second kappa shape index (κ2) is 7.29. The second-order valence-electron chi connectivity index (χ2n) is 6.36. The quantitative estimate of drug-likeness (QED) is 0.572. The lowest BCUT2D eigenvalue weighted by Crippen LogP contribution is -2.20. The Hall–Kier alpha value is -2.31. The summed E-state index contributed by atoms with van der Waals surface area (Å²) in [4.78, 5) is 23.5. The van der Waals surface area contributed by atoms with E-state index in [0.29, 0.717) is 5.69 Å². The minimum Gasteiger partial charge on any atom is -0.384 e. The van der Waals surface area contributed by atoms with Crippen LogP contribution in [0.3, 0.4) is 0 Å². The van der Waals surface area contributed by atoms with E-state index in [4.69, 9.17) is 27.8 Å². The molecule has 0 unspecified atom stereocenters. The SMILES string of the molecule is CC(C)(C)c1c(OCl)c(C(=O)Nc2ccccc2)cc(Cl)c1[N+](=O)[O-]. The first-order chi connectivity index (χ1) is 11.7. The van der Waals surface area contributed by atoms with E-state index in [1.165, 1.54) is 6.07 Å². The third kappa shape index (κ3) is 4.03. The van der Waals surface area contributed by atoms with Gasteiger partial charge in [0.25, 0.3) is 11.6 Å². The first-order valence-electron chi connectivity index (χ1n) is 7.33. The summed E-state index contributed by atoms with van der Waals surface area (Å²) in [6.45, 7) is 5.22. The van der Waals surface area contributed by atoms with Crippen LogP contribution in [-0.4, -0.2) is 10.8 Å². The van der Waals surface area contributed by atoms with Gasteiger partial charge in [-0.15, -0.1) is 0 Å². The van der Waals surface area contributed by atoms with Crippen molar-refractivity contribution >= 4 is 40.7 Å². The molecule has 2 rings (SSSR count). The zero-order valence-corrected chi connectivity index (χ0v) is 15.3. The van der Waals surface area contributed by atoms with Crippen molar-refractivity contribution in [2.45, 2.75) is 26.2 Å². The monoisotopic (exact) mass is 382 g/mol. The van der Waals surface area contributed by atoms with Crippen LogP contribution in [0.25, 0.3) is 0 Å². The molecule has 2 aromatic rings. The number of hydrogen-bond acceptors (Lipinski definition) is 4. The molecule has 1 N–H and O–H groups in total. The zero-order valence-electron chi connectivity index (χ0n) is 13.8. The summed E-state index contributed by atoms with van der Waals surface area (Å²) in [7, 11) is 0. The number of hydrogen-bond donors (Lipinski definition) is 1. The molecule has 25 heavy (non-hydrogen) atoms. The van der Waals surface area contributed by atoms with Crippen LogP contribution in [0.1, 0.15) is 36.7 Å². The lowest BCUT2D eigenvalue weighted by molar-refractivity contribution is -0.385. The summed E-state index contributed by atoms with van der Waals surface area (Å²) in [5.41, 5.74) is -0.349. The van der Waals surface area contributed by atoms with E-state index < -0.39 is 16.2 Å². The van der Waals surface area contributed by atoms with Gasteiger partial charge in [-0.05, 0) is 23.6 Å². The van der Waals surface area contributed by atoms with Crippen LogP contribution in [0.2, 0.25) is 5.02 Å². The van der Waals surface area contributed by atoms with Crippen LogP contribution in [0.15, 0.2) is 36.4 Å². The number of halogens is 2. The highest BCUT2D eigenvalue weighted by atomic mass is 35.5. The Kier molecular flexibility index (Phi) is 5.55. The average Bonchev–Trinajstić information content (AvgIpc) is 2.53. The predicted molar refractivity (Wildman–Crippen MR) is 97.7 cm³/mol. The molecule has 1 amide bonds. The molecule has 0 atom stereocenters. The smallest absolute Gasteiger partial charge is 0.295 e. The van der Waals surface area contributed by atoms with Crippen LogP contribution in [0.4, 0.5) is 11.4 Å². The molecule has 0 aliphatic heterocycles. The van der Waals surface area contributed by atoms with E-state index in [-0.39, 0.29) is 27.6 Å². The largest absolute Gasteiger partial charge is 0.384 e. The molecule has 2 aromatic carbocycles. The van der Waals surface area contributed by atoms with Gasteiger partial charge >= 0.3 is 0 Å². The molecule has 0 aliphatic rings. The van der Waals surface area contributed by atoms with E-state index in [0.717, 1.165) is 0 Å². The number of nitrogens with one attached hydrogen (secondary N) is 1. The van der Waals surface area contributed by atoms with Gasteiger partial charge in [0.15, 0.2) is 5.75 Å². The van der Waals surface area contributed by atoms with Crippen molar-refractivity contribution < 1.29 is 14.0 Å². The van der Waals surface area contributed by atoms with Gasteiger partial charge in [0.05, 0.1) is 16.1 Å². The van der Waals surface area contributed by atoms with Crippen LogP contribution in [-0.2, 0) is 5.41 Å². The van der Waals surface area contributed by atoms with Gasteiger partial charge < -0.3 is 9.61 Å². The summed E-state index contributed by atoms with van der Waals surface area (Å²) >= 11 is 11.7. The third-order valence-corrected chi connectivity index (χ3v) is 3.93. The van der Waals surface area contributed by atoms with Crippen LogP contribution in [0, 0.1) is 10.1 Å². The minimum absolute atomic E-state index is 0.0133. The zero-order chi connectivity index (χ0) is 18.8. The van der Waals surface area contributed by atoms with Gasteiger partial charge in [-0.1, -0.05) is 50.6 Å². The number of nitrogens with zero attached hydrogens (tertiary/aromatic N) is 1. The molecule has 0 heterocycles. The van der Waals surface area contributed by atoms with Crippen molar-refractivity contribution in [2.24, 2.45) is 0 Å². The Morgan fingerprint density at radius 2 is 1.84 bits per heavy atom. The number of carbonyl (C=O) groups excluding carboxylic acids is 1. The Morgan fingerprint density at radius 3 is 2.32 bits per heavy atom. The number of anilines is 1. The number of nitro benzene ring substituents is 1. The molecule has 0 fully saturated rings. The summed E-state index contributed by atoms with van der Waals surface area (Å²) in [6, 6.07) is 9.93. The van der Waals surface area contributed by atoms with Gasteiger partial charge in [0, 0.05) is 5.69 Å². The van der Waals surface area contributed by atoms with E-state index in [2.05, 4.69) is 5.32 Å². The predicted octanol–water partition coefficient (Wildman–Crippen LogP) is 5.33. The van der Waals surface area contributed by atoms with Crippen LogP contribution in [0.5, 0.6) is 5.75 Å². The van der Waals surface area contributed by atoms with Gasteiger partial charge in [-0.2, -0.15) is 0 Å². The molecule has 0 saturated heterocycles. The molecular weight excluding hydrogens is 367 g/mol. The fraction of sp³-hybridized carbons (Fsp3) is 0.235. The van der Waals surface area contributed by atoms with Crippen LogP contribution < -0.4 is 9.61 Å². The Bertz CT molecular complexity index is 818. The Morgan fingerprint density at radius 1 is 1.24 bits per heavy atom. The fourth-order valence-corrected chi connectivity index (χ4v) is 2.90. The van der Waals surface area contributed by atoms with Crippen LogP contribution >= 0.6 is 23.5 Å². The van der Waals surface area contributed by atoms with E-state index in [1.807, 2.05) is 6.07 Å². The maximum Gasteiger partial charge on any atom is 0.295 e. The average molecular weight is 383 g/mol. The van der Waals surface area contributed by atoms with Gasteiger partial charge in [-0.25, -0.2) is 0 Å². The summed E-state index contributed by atoms with van der Waals surface area (Å²) in [5, 5.41) is 14.0. The maximum absolute atomic E-state index is 12.6. The van der Waals surface area contributed by atoms with Crippen molar-refractivity contribution in [1.82, 2.24) is 0 Å². The fourth-order valence-electron chi connectivity index (χ4n) is 2.47. The molecule has 0 bridgehead atoms. The third-order valence-electron chi connectivity index (χ3n) is 3.49. The minimum atomic E-state index is -0.737. The van der Waals surface area contributed by atoms with Crippen molar-refractivity contribution in [1.29, 1.82) is 0 Å². The highest BCUT2D eigenvalue weighted by Gasteiger charge is 2.36. The number of rotatable bonds is 4. The maximum atomic E-state index is 12.6. The molecule has 132 valence electrons. The van der Waals surface area contributed by atoms with E-state index >= 15 is 0 Å². The highest BCUT2D eigenvalue weighted by molar-refractivity contribution is 6.33. The highest BCUT2D eigenvalue weighted by Crippen LogP contribution is 2.45. The van der Waals surface area contributed by atoms with Crippen molar-refractivity contribution in [3.05, 3.63) is 62.7 Å². The van der Waals surface area contributed by atoms with E-state index in [1.54, 1.807) is 45.0 Å².